The van der Waals surface area contributed by atoms with Crippen LogP contribution in [0.2, 0.25) is 0 Å². The molecule has 6 heteroatoms. The minimum absolute atomic E-state index is 0.542. The Morgan fingerprint density at radius 2 is 1.68 bits per heavy atom. The third-order valence-corrected chi connectivity index (χ3v) is 3.53. The Bertz CT molecular complexity index is 655. The first-order valence-electron chi connectivity index (χ1n) is 5.75. The normalized spacial score (nSPS) is 10.3. The highest BCUT2D eigenvalue weighted by molar-refractivity contribution is 7.99. The number of nitrogens with zero attached hydrogens (tertiary/aromatic N) is 5. The zero-order chi connectivity index (χ0) is 14.0. The van der Waals surface area contributed by atoms with E-state index in [-0.39, 0.29) is 0 Å². The molecule has 0 aliphatic carbocycles. The predicted octanol–water partition coefficient (Wildman–Crippen LogP) is 2.52. The van der Waals surface area contributed by atoms with Crippen molar-refractivity contribution in [1.82, 2.24) is 20.2 Å². The summed E-state index contributed by atoms with van der Waals surface area (Å²) in [7, 11) is 0. The number of hydrogen-bond acceptors (Lipinski definition) is 6. The molecule has 96 valence electrons. The predicted molar refractivity (Wildman–Crippen MR) is 71.9 cm³/mol. The van der Waals surface area contributed by atoms with Crippen molar-refractivity contribution in [3.63, 3.8) is 0 Å². The Balaban J connectivity index is 2.44. The Kier molecular flexibility index (Phi) is 3.76. The fourth-order valence-electron chi connectivity index (χ4n) is 1.62. The van der Waals surface area contributed by atoms with Gasteiger partial charge in [0.05, 0.1) is 11.3 Å². The average molecular weight is 271 g/mol. The van der Waals surface area contributed by atoms with Crippen LogP contribution < -0.4 is 0 Å². The summed E-state index contributed by atoms with van der Waals surface area (Å²) >= 11 is 1.27. The van der Waals surface area contributed by atoms with Crippen molar-refractivity contribution in [2.24, 2.45) is 0 Å². The lowest BCUT2D eigenvalue weighted by atomic mass is 10.1. The number of aryl methyl sites for hydroxylation is 3. The molecule has 0 radical (unpaired) electrons. The highest BCUT2D eigenvalue weighted by atomic mass is 32.2. The van der Waals surface area contributed by atoms with Gasteiger partial charge in [0, 0.05) is 11.4 Å². The molecule has 0 amide bonds. The second-order valence-corrected chi connectivity index (χ2v) is 5.19. The van der Waals surface area contributed by atoms with Crippen LogP contribution in [0, 0.1) is 39.0 Å². The summed E-state index contributed by atoms with van der Waals surface area (Å²) in [6, 6.07) is 4.08. The smallest absolute Gasteiger partial charge is 0.194 e. The van der Waals surface area contributed by atoms with Crippen LogP contribution in [0.4, 0.5) is 0 Å². The third kappa shape index (κ3) is 2.88. The number of nitriles is 1. The van der Waals surface area contributed by atoms with Gasteiger partial charge in [-0.1, -0.05) is 0 Å². The van der Waals surface area contributed by atoms with E-state index < -0.39 is 0 Å². The van der Waals surface area contributed by atoms with Gasteiger partial charge in [-0.15, -0.1) is 5.10 Å². The molecule has 19 heavy (non-hydrogen) atoms. The summed E-state index contributed by atoms with van der Waals surface area (Å²) in [4.78, 5) is 8.66. The fraction of sp³-hybridized carbons (Fsp3) is 0.308. The summed E-state index contributed by atoms with van der Waals surface area (Å²) in [6.45, 7) is 7.53. The first kappa shape index (κ1) is 13.4. The molecule has 0 saturated heterocycles. The zero-order valence-corrected chi connectivity index (χ0v) is 12.0. The molecular formula is C13H13N5S. The van der Waals surface area contributed by atoms with Gasteiger partial charge in [-0.3, -0.25) is 0 Å². The molecule has 2 heterocycles. The van der Waals surface area contributed by atoms with Gasteiger partial charge in [0.25, 0.3) is 0 Å². The maximum Gasteiger partial charge on any atom is 0.194 e. The quantitative estimate of drug-likeness (QED) is 0.781. The SMILES string of the molecule is Cc1cc(C)nc(Sc2nnc(C)c(C)c2C#N)n1. The molecule has 0 saturated carbocycles. The van der Waals surface area contributed by atoms with Crippen molar-refractivity contribution < 1.29 is 0 Å². The Morgan fingerprint density at radius 1 is 1.05 bits per heavy atom. The van der Waals surface area contributed by atoms with Crippen LogP contribution >= 0.6 is 11.8 Å². The second-order valence-electron chi connectivity index (χ2n) is 4.24. The van der Waals surface area contributed by atoms with Gasteiger partial charge in [-0.2, -0.15) is 10.4 Å². The van der Waals surface area contributed by atoms with E-state index in [4.69, 9.17) is 0 Å². The third-order valence-electron chi connectivity index (χ3n) is 2.68. The molecule has 0 aliphatic heterocycles. The van der Waals surface area contributed by atoms with Crippen LogP contribution in [-0.4, -0.2) is 20.2 Å². The molecule has 0 fully saturated rings. The monoisotopic (exact) mass is 271 g/mol. The molecule has 0 unspecified atom stereocenters. The van der Waals surface area contributed by atoms with E-state index in [2.05, 4.69) is 26.2 Å². The molecule has 0 N–H and O–H groups in total. The summed E-state index contributed by atoms with van der Waals surface area (Å²) < 4.78 is 0. The van der Waals surface area contributed by atoms with Crippen molar-refractivity contribution in [3.05, 3.63) is 34.3 Å². The standard InChI is InChI=1S/C13H13N5S/c1-7-5-8(2)16-13(15-7)19-12-11(6-14)9(3)10(4)17-18-12/h5H,1-4H3. The van der Waals surface area contributed by atoms with E-state index in [1.165, 1.54) is 11.8 Å². The van der Waals surface area contributed by atoms with Gasteiger partial charge >= 0.3 is 0 Å². The maximum absolute atomic E-state index is 9.24. The van der Waals surface area contributed by atoms with Crippen LogP contribution in [0.15, 0.2) is 16.2 Å². The van der Waals surface area contributed by atoms with Crippen LogP contribution in [0.5, 0.6) is 0 Å². The van der Waals surface area contributed by atoms with Gasteiger partial charge in [-0.25, -0.2) is 9.97 Å². The lowest BCUT2D eigenvalue weighted by Crippen LogP contribution is -2.00. The molecule has 2 rings (SSSR count). The molecular weight excluding hydrogens is 258 g/mol. The van der Waals surface area contributed by atoms with Gasteiger partial charge in [0.2, 0.25) is 0 Å². The Morgan fingerprint density at radius 3 is 2.26 bits per heavy atom. The minimum Gasteiger partial charge on any atom is -0.228 e. The Labute approximate surface area is 116 Å². The van der Waals surface area contributed by atoms with Crippen LogP contribution in [0.1, 0.15) is 28.2 Å². The van der Waals surface area contributed by atoms with E-state index in [0.29, 0.717) is 15.7 Å². The number of rotatable bonds is 2. The van der Waals surface area contributed by atoms with E-state index in [0.717, 1.165) is 22.6 Å². The average Bonchev–Trinajstić information content (AvgIpc) is 2.33. The topological polar surface area (TPSA) is 75.3 Å². The van der Waals surface area contributed by atoms with Gasteiger partial charge in [-0.05, 0) is 51.1 Å². The number of hydrogen-bond donors (Lipinski definition) is 0. The van der Waals surface area contributed by atoms with Crippen molar-refractivity contribution in [1.29, 1.82) is 5.26 Å². The fourth-order valence-corrected chi connectivity index (χ4v) is 2.55. The van der Waals surface area contributed by atoms with E-state index in [1.807, 2.05) is 33.8 Å². The van der Waals surface area contributed by atoms with Crippen molar-refractivity contribution in [2.75, 3.05) is 0 Å². The van der Waals surface area contributed by atoms with Crippen molar-refractivity contribution in [2.45, 2.75) is 37.9 Å². The van der Waals surface area contributed by atoms with E-state index in [9.17, 15) is 5.26 Å². The summed E-state index contributed by atoms with van der Waals surface area (Å²) in [5, 5.41) is 18.5. The van der Waals surface area contributed by atoms with E-state index >= 15 is 0 Å². The molecule has 0 atom stereocenters. The molecule has 0 bridgehead atoms. The first-order valence-corrected chi connectivity index (χ1v) is 6.57. The Hall–Kier alpha value is -2.00. The molecule has 0 spiro atoms. The molecule has 2 aromatic heterocycles. The van der Waals surface area contributed by atoms with Gasteiger partial charge in [0.15, 0.2) is 5.16 Å². The molecule has 0 aromatic carbocycles. The van der Waals surface area contributed by atoms with Crippen molar-refractivity contribution >= 4 is 11.8 Å². The lowest BCUT2D eigenvalue weighted by Gasteiger charge is -2.06. The maximum atomic E-state index is 9.24. The lowest BCUT2D eigenvalue weighted by molar-refractivity contribution is 0.856. The summed E-state index contributed by atoms with van der Waals surface area (Å²) in [5.74, 6) is 0. The van der Waals surface area contributed by atoms with Gasteiger partial charge < -0.3 is 0 Å². The largest absolute Gasteiger partial charge is 0.228 e. The van der Waals surface area contributed by atoms with Crippen LogP contribution in [0.25, 0.3) is 0 Å². The highest BCUT2D eigenvalue weighted by Gasteiger charge is 2.13. The van der Waals surface area contributed by atoms with Crippen LogP contribution in [0.3, 0.4) is 0 Å². The zero-order valence-electron chi connectivity index (χ0n) is 11.2. The molecule has 5 nitrogen and oxygen atoms in total. The van der Waals surface area contributed by atoms with Crippen LogP contribution in [-0.2, 0) is 0 Å². The molecule has 2 aromatic rings. The molecule has 0 aliphatic rings. The first-order chi connectivity index (χ1) is 9.01. The minimum atomic E-state index is 0.542. The van der Waals surface area contributed by atoms with E-state index in [1.54, 1.807) is 0 Å². The second kappa shape index (κ2) is 5.33. The van der Waals surface area contributed by atoms with Gasteiger partial charge in [0.1, 0.15) is 11.1 Å². The summed E-state index contributed by atoms with van der Waals surface area (Å²) in [5.41, 5.74) is 3.95. The number of aromatic nitrogens is 4. The van der Waals surface area contributed by atoms with Crippen molar-refractivity contribution in [3.8, 4) is 6.07 Å². The highest BCUT2D eigenvalue weighted by Crippen LogP contribution is 2.27. The summed E-state index contributed by atoms with van der Waals surface area (Å²) in [6.07, 6.45) is 0.